The van der Waals surface area contributed by atoms with Gasteiger partial charge in [0, 0.05) is 25.3 Å². The first-order chi connectivity index (χ1) is 14.1. The molecule has 1 saturated heterocycles. The Bertz CT molecular complexity index is 1030. The van der Waals surface area contributed by atoms with Crippen LogP contribution in [0, 0.1) is 12.3 Å². The Kier molecular flexibility index (Phi) is 4.42. The number of aryl methyl sites for hydroxylation is 2. The molecule has 2 aromatic heterocycles. The van der Waals surface area contributed by atoms with Crippen molar-refractivity contribution in [2.75, 3.05) is 36.0 Å². The third-order valence-electron chi connectivity index (χ3n) is 6.64. The lowest BCUT2D eigenvalue weighted by atomic mass is 9.80. The van der Waals surface area contributed by atoms with Crippen LogP contribution < -0.4 is 15.5 Å². The van der Waals surface area contributed by atoms with Crippen LogP contribution in [0.15, 0.2) is 24.4 Å². The van der Waals surface area contributed by atoms with Crippen LogP contribution in [0.5, 0.6) is 0 Å². The number of hydrogen-bond acceptors (Lipinski definition) is 6. The molecule has 0 bridgehead atoms. The maximum Gasteiger partial charge on any atom is 0.183 e. The van der Waals surface area contributed by atoms with Crippen molar-refractivity contribution in [3.8, 4) is 0 Å². The summed E-state index contributed by atoms with van der Waals surface area (Å²) in [7, 11) is 0. The SMILES string of the molecule is Cc1ccc2c(c1)N(c1n[nH]c3nc(N4CCC(C)(CN)CC4)cnc13)CCC2. The van der Waals surface area contributed by atoms with Crippen LogP contribution in [0.25, 0.3) is 11.2 Å². The van der Waals surface area contributed by atoms with Crippen molar-refractivity contribution in [3.63, 3.8) is 0 Å². The van der Waals surface area contributed by atoms with Crippen molar-refractivity contribution in [1.29, 1.82) is 0 Å². The molecule has 7 heteroatoms. The second-order valence-electron chi connectivity index (χ2n) is 8.86. The van der Waals surface area contributed by atoms with Crippen LogP contribution in [0.2, 0.25) is 0 Å². The molecule has 152 valence electrons. The molecule has 0 unspecified atom stereocenters. The van der Waals surface area contributed by atoms with Gasteiger partial charge in [-0.25, -0.2) is 9.97 Å². The van der Waals surface area contributed by atoms with E-state index < -0.39 is 0 Å². The highest BCUT2D eigenvalue weighted by Crippen LogP contribution is 2.36. The molecule has 29 heavy (non-hydrogen) atoms. The standard InChI is InChI=1S/C22H29N7/c1-15-5-6-16-4-3-9-29(17(16)12-15)21-19-20(26-27-21)25-18(13-24-19)28-10-7-22(2,14-23)8-11-28/h5-6,12-13H,3-4,7-11,14,23H2,1-2H3,(H,25,26,27). The minimum Gasteiger partial charge on any atom is -0.355 e. The third kappa shape index (κ3) is 3.23. The Morgan fingerprint density at radius 1 is 1.21 bits per heavy atom. The van der Waals surface area contributed by atoms with E-state index in [0.717, 1.165) is 74.7 Å². The van der Waals surface area contributed by atoms with Crippen LogP contribution in [0.4, 0.5) is 17.3 Å². The van der Waals surface area contributed by atoms with E-state index in [2.05, 4.69) is 52.0 Å². The number of fused-ring (bicyclic) bond motifs is 2. The Labute approximate surface area is 171 Å². The van der Waals surface area contributed by atoms with Gasteiger partial charge in [-0.05, 0) is 61.8 Å². The van der Waals surface area contributed by atoms with Gasteiger partial charge < -0.3 is 15.5 Å². The van der Waals surface area contributed by atoms with Crippen molar-refractivity contribution in [1.82, 2.24) is 20.2 Å². The number of anilines is 3. The summed E-state index contributed by atoms with van der Waals surface area (Å²) >= 11 is 0. The summed E-state index contributed by atoms with van der Waals surface area (Å²) in [6.45, 7) is 8.03. The van der Waals surface area contributed by atoms with E-state index in [4.69, 9.17) is 15.7 Å². The van der Waals surface area contributed by atoms with E-state index in [1.165, 1.54) is 16.8 Å². The molecular weight excluding hydrogens is 362 g/mol. The molecule has 4 heterocycles. The summed E-state index contributed by atoms with van der Waals surface area (Å²) in [5.41, 5.74) is 11.7. The number of aromatic nitrogens is 4. The minimum absolute atomic E-state index is 0.245. The van der Waals surface area contributed by atoms with Crippen molar-refractivity contribution in [2.24, 2.45) is 11.1 Å². The summed E-state index contributed by atoms with van der Waals surface area (Å²) in [5, 5.41) is 7.74. The maximum atomic E-state index is 5.95. The minimum atomic E-state index is 0.245. The maximum absolute atomic E-state index is 5.95. The Morgan fingerprint density at radius 2 is 2.03 bits per heavy atom. The van der Waals surface area contributed by atoms with Gasteiger partial charge in [0.25, 0.3) is 0 Å². The highest BCUT2D eigenvalue weighted by Gasteiger charge is 2.30. The lowest BCUT2D eigenvalue weighted by molar-refractivity contribution is 0.258. The van der Waals surface area contributed by atoms with Crippen LogP contribution >= 0.6 is 0 Å². The number of aromatic amines is 1. The third-order valence-corrected chi connectivity index (χ3v) is 6.64. The molecule has 3 aromatic rings. The van der Waals surface area contributed by atoms with Gasteiger partial charge in [0.15, 0.2) is 17.0 Å². The van der Waals surface area contributed by atoms with E-state index >= 15 is 0 Å². The molecule has 1 fully saturated rings. The highest BCUT2D eigenvalue weighted by atomic mass is 15.3. The molecule has 0 spiro atoms. The van der Waals surface area contributed by atoms with Crippen molar-refractivity contribution in [2.45, 2.75) is 39.5 Å². The van der Waals surface area contributed by atoms with E-state index in [9.17, 15) is 0 Å². The molecule has 5 rings (SSSR count). The smallest absolute Gasteiger partial charge is 0.183 e. The summed E-state index contributed by atoms with van der Waals surface area (Å²) in [4.78, 5) is 14.2. The van der Waals surface area contributed by atoms with E-state index in [1.54, 1.807) is 0 Å². The number of hydrogen-bond donors (Lipinski definition) is 2. The first kappa shape index (κ1) is 18.4. The van der Waals surface area contributed by atoms with Crippen LogP contribution in [0.3, 0.4) is 0 Å². The van der Waals surface area contributed by atoms with Gasteiger partial charge in [-0.15, -0.1) is 0 Å². The van der Waals surface area contributed by atoms with Gasteiger partial charge in [0.1, 0.15) is 5.82 Å². The molecule has 2 aliphatic heterocycles. The van der Waals surface area contributed by atoms with Gasteiger partial charge in [-0.1, -0.05) is 19.1 Å². The molecule has 3 N–H and O–H groups in total. The fourth-order valence-corrected chi connectivity index (χ4v) is 4.51. The lowest BCUT2D eigenvalue weighted by Crippen LogP contribution is -2.42. The predicted octanol–water partition coefficient (Wildman–Crippen LogP) is 3.31. The van der Waals surface area contributed by atoms with Gasteiger partial charge in [0.05, 0.1) is 6.20 Å². The fourth-order valence-electron chi connectivity index (χ4n) is 4.51. The summed E-state index contributed by atoms with van der Waals surface area (Å²) in [6, 6.07) is 6.67. The number of rotatable bonds is 3. The van der Waals surface area contributed by atoms with Gasteiger partial charge >= 0.3 is 0 Å². The predicted molar refractivity (Wildman–Crippen MR) is 117 cm³/mol. The normalized spacial score (nSPS) is 18.9. The molecule has 7 nitrogen and oxygen atoms in total. The molecule has 0 radical (unpaired) electrons. The quantitative estimate of drug-likeness (QED) is 0.712. The van der Waals surface area contributed by atoms with Gasteiger partial charge in [-0.3, -0.25) is 5.10 Å². The number of nitrogens with zero attached hydrogens (tertiary/aromatic N) is 5. The zero-order chi connectivity index (χ0) is 20.0. The number of piperidine rings is 1. The zero-order valence-corrected chi connectivity index (χ0v) is 17.3. The molecule has 0 atom stereocenters. The van der Waals surface area contributed by atoms with Crippen molar-refractivity contribution in [3.05, 3.63) is 35.5 Å². The summed E-state index contributed by atoms with van der Waals surface area (Å²) < 4.78 is 0. The Hall–Kier alpha value is -2.67. The topological polar surface area (TPSA) is 87.0 Å². The van der Waals surface area contributed by atoms with E-state index in [0.29, 0.717) is 0 Å². The molecular formula is C22H29N7. The number of benzene rings is 1. The fraction of sp³-hybridized carbons (Fsp3) is 0.500. The zero-order valence-electron chi connectivity index (χ0n) is 17.3. The average molecular weight is 392 g/mol. The largest absolute Gasteiger partial charge is 0.355 e. The van der Waals surface area contributed by atoms with E-state index in [1.807, 2.05) is 6.20 Å². The van der Waals surface area contributed by atoms with Gasteiger partial charge in [0.2, 0.25) is 0 Å². The van der Waals surface area contributed by atoms with Crippen LogP contribution in [0.1, 0.15) is 37.3 Å². The number of H-pyrrole nitrogens is 1. The molecule has 1 aromatic carbocycles. The van der Waals surface area contributed by atoms with Gasteiger partial charge in [-0.2, -0.15) is 5.10 Å². The Morgan fingerprint density at radius 3 is 2.83 bits per heavy atom. The monoisotopic (exact) mass is 391 g/mol. The first-order valence-electron chi connectivity index (χ1n) is 10.6. The molecule has 0 saturated carbocycles. The van der Waals surface area contributed by atoms with Crippen molar-refractivity contribution >= 4 is 28.5 Å². The Balaban J connectivity index is 1.45. The van der Waals surface area contributed by atoms with Crippen molar-refractivity contribution < 1.29 is 0 Å². The molecule has 0 amide bonds. The summed E-state index contributed by atoms with van der Waals surface area (Å²) in [5.74, 6) is 1.79. The van der Waals surface area contributed by atoms with Crippen LogP contribution in [-0.4, -0.2) is 46.3 Å². The second-order valence-corrected chi connectivity index (χ2v) is 8.86. The first-order valence-corrected chi connectivity index (χ1v) is 10.6. The molecule has 0 aliphatic carbocycles. The van der Waals surface area contributed by atoms with Crippen LogP contribution in [-0.2, 0) is 6.42 Å². The highest BCUT2D eigenvalue weighted by molar-refractivity contribution is 5.87. The number of nitrogens with two attached hydrogens (primary N) is 1. The summed E-state index contributed by atoms with van der Waals surface area (Å²) in [6.07, 6.45) is 6.29. The number of nitrogens with one attached hydrogen (secondary N) is 1. The lowest BCUT2D eigenvalue weighted by Gasteiger charge is -2.39. The average Bonchev–Trinajstić information content (AvgIpc) is 3.17. The van der Waals surface area contributed by atoms with E-state index in [-0.39, 0.29) is 5.41 Å². The molecule has 2 aliphatic rings. The second kappa shape index (κ2) is 6.99.